The standard InChI is InChI=1S/C16H26N2OS/c1-11-9-13(3)14(10-12(11)2)18-15(19)17-7-8-20-16(4,5)6/h9-10H,7-8H2,1-6H3,(H2,17,18,19). The molecular formula is C16H26N2OS. The normalized spacial score (nSPS) is 11.3. The summed E-state index contributed by atoms with van der Waals surface area (Å²) in [6.07, 6.45) is 0. The highest BCUT2D eigenvalue weighted by Gasteiger charge is 2.10. The summed E-state index contributed by atoms with van der Waals surface area (Å²) in [5, 5.41) is 5.81. The maximum Gasteiger partial charge on any atom is 0.319 e. The molecule has 0 saturated heterocycles. The van der Waals surface area contributed by atoms with Gasteiger partial charge in [0, 0.05) is 22.7 Å². The molecule has 0 bridgehead atoms. The van der Waals surface area contributed by atoms with Gasteiger partial charge < -0.3 is 10.6 Å². The summed E-state index contributed by atoms with van der Waals surface area (Å²) in [6, 6.07) is 3.99. The van der Waals surface area contributed by atoms with E-state index in [2.05, 4.69) is 51.3 Å². The van der Waals surface area contributed by atoms with Crippen molar-refractivity contribution in [2.24, 2.45) is 0 Å². The minimum atomic E-state index is -0.133. The number of nitrogens with one attached hydrogen (secondary N) is 2. The van der Waals surface area contributed by atoms with Gasteiger partial charge in [-0.15, -0.1) is 0 Å². The Bertz CT molecular complexity index is 478. The highest BCUT2D eigenvalue weighted by atomic mass is 32.2. The van der Waals surface area contributed by atoms with E-state index in [0.29, 0.717) is 6.54 Å². The number of anilines is 1. The molecule has 112 valence electrons. The van der Waals surface area contributed by atoms with Crippen LogP contribution in [0.3, 0.4) is 0 Å². The van der Waals surface area contributed by atoms with Gasteiger partial charge in [-0.1, -0.05) is 26.8 Å². The van der Waals surface area contributed by atoms with E-state index in [-0.39, 0.29) is 10.8 Å². The van der Waals surface area contributed by atoms with E-state index >= 15 is 0 Å². The van der Waals surface area contributed by atoms with Crippen LogP contribution in [0.1, 0.15) is 37.5 Å². The van der Waals surface area contributed by atoms with Crippen LogP contribution in [0.2, 0.25) is 0 Å². The Morgan fingerprint density at radius 2 is 1.70 bits per heavy atom. The fourth-order valence-corrected chi connectivity index (χ4v) is 2.60. The number of amides is 2. The molecular weight excluding hydrogens is 268 g/mol. The number of hydrogen-bond acceptors (Lipinski definition) is 2. The van der Waals surface area contributed by atoms with Gasteiger partial charge in [0.15, 0.2) is 0 Å². The molecule has 0 heterocycles. The smallest absolute Gasteiger partial charge is 0.319 e. The molecule has 1 rings (SSSR count). The van der Waals surface area contributed by atoms with Crippen molar-refractivity contribution in [2.45, 2.75) is 46.3 Å². The zero-order valence-corrected chi connectivity index (χ0v) is 14.2. The van der Waals surface area contributed by atoms with Crippen LogP contribution in [0.5, 0.6) is 0 Å². The second kappa shape index (κ2) is 7.02. The quantitative estimate of drug-likeness (QED) is 0.814. The molecule has 0 spiro atoms. The van der Waals surface area contributed by atoms with E-state index in [1.807, 2.05) is 24.8 Å². The van der Waals surface area contributed by atoms with Gasteiger partial charge in [0.05, 0.1) is 0 Å². The summed E-state index contributed by atoms with van der Waals surface area (Å²) in [5.41, 5.74) is 4.41. The number of carbonyl (C=O) groups excluding carboxylic acids is 1. The van der Waals surface area contributed by atoms with Crippen molar-refractivity contribution in [2.75, 3.05) is 17.6 Å². The van der Waals surface area contributed by atoms with Gasteiger partial charge in [0.25, 0.3) is 0 Å². The van der Waals surface area contributed by atoms with Crippen molar-refractivity contribution in [1.82, 2.24) is 5.32 Å². The third-order valence-corrected chi connectivity index (χ3v) is 4.29. The Morgan fingerprint density at radius 1 is 1.10 bits per heavy atom. The van der Waals surface area contributed by atoms with Crippen LogP contribution in [-0.4, -0.2) is 23.1 Å². The lowest BCUT2D eigenvalue weighted by molar-refractivity contribution is 0.252. The average Bonchev–Trinajstić information content (AvgIpc) is 2.30. The summed E-state index contributed by atoms with van der Waals surface area (Å²) < 4.78 is 0.239. The van der Waals surface area contributed by atoms with Gasteiger partial charge in [-0.25, -0.2) is 4.79 Å². The summed E-state index contributed by atoms with van der Waals surface area (Å²) in [6.45, 7) is 13.4. The van der Waals surface area contributed by atoms with Gasteiger partial charge in [0.2, 0.25) is 0 Å². The monoisotopic (exact) mass is 294 g/mol. The molecule has 0 atom stereocenters. The maximum atomic E-state index is 11.9. The van der Waals surface area contributed by atoms with E-state index in [9.17, 15) is 4.79 Å². The highest BCUT2D eigenvalue weighted by Crippen LogP contribution is 2.22. The van der Waals surface area contributed by atoms with Crippen LogP contribution in [-0.2, 0) is 0 Å². The molecule has 0 saturated carbocycles. The number of hydrogen-bond donors (Lipinski definition) is 2. The Hall–Kier alpha value is -1.16. The minimum absolute atomic E-state index is 0.133. The van der Waals surface area contributed by atoms with Crippen molar-refractivity contribution >= 4 is 23.5 Å². The SMILES string of the molecule is Cc1cc(C)c(NC(=O)NCCSC(C)(C)C)cc1C. The van der Waals surface area contributed by atoms with Crippen molar-refractivity contribution in [3.63, 3.8) is 0 Å². The van der Waals surface area contributed by atoms with Gasteiger partial charge >= 0.3 is 6.03 Å². The molecule has 2 N–H and O–H groups in total. The first-order chi connectivity index (χ1) is 9.19. The first-order valence-electron chi connectivity index (χ1n) is 6.96. The third kappa shape index (κ3) is 5.87. The van der Waals surface area contributed by atoms with Crippen molar-refractivity contribution in [1.29, 1.82) is 0 Å². The summed E-state index contributed by atoms with van der Waals surface area (Å²) in [7, 11) is 0. The number of rotatable bonds is 4. The lowest BCUT2D eigenvalue weighted by Crippen LogP contribution is -2.31. The molecule has 0 aromatic heterocycles. The molecule has 3 nitrogen and oxygen atoms in total. The van der Waals surface area contributed by atoms with Crippen LogP contribution < -0.4 is 10.6 Å². The molecule has 0 aliphatic rings. The Balaban J connectivity index is 2.45. The average molecular weight is 294 g/mol. The Kier molecular flexibility index (Phi) is 5.93. The van der Waals surface area contributed by atoms with Crippen LogP contribution in [0.25, 0.3) is 0 Å². The lowest BCUT2D eigenvalue weighted by Gasteiger charge is -2.17. The maximum absolute atomic E-state index is 11.9. The summed E-state index contributed by atoms with van der Waals surface area (Å²) in [4.78, 5) is 11.9. The predicted molar refractivity (Wildman–Crippen MR) is 89.9 cm³/mol. The van der Waals surface area contributed by atoms with E-state index < -0.39 is 0 Å². The zero-order valence-electron chi connectivity index (χ0n) is 13.4. The third-order valence-electron chi connectivity index (χ3n) is 3.01. The van der Waals surface area contributed by atoms with Crippen LogP contribution in [0.15, 0.2) is 12.1 Å². The van der Waals surface area contributed by atoms with Crippen molar-refractivity contribution in [3.8, 4) is 0 Å². The molecule has 1 aromatic rings. The molecule has 4 heteroatoms. The van der Waals surface area contributed by atoms with Crippen LogP contribution in [0.4, 0.5) is 10.5 Å². The Morgan fingerprint density at radius 3 is 2.30 bits per heavy atom. The predicted octanol–water partition coefficient (Wildman–Crippen LogP) is 4.27. The second-order valence-electron chi connectivity index (χ2n) is 6.09. The van der Waals surface area contributed by atoms with Gasteiger partial charge in [-0.3, -0.25) is 0 Å². The summed E-state index contributed by atoms with van der Waals surface area (Å²) in [5.74, 6) is 0.919. The molecule has 1 aromatic carbocycles. The van der Waals surface area contributed by atoms with Crippen LogP contribution in [0, 0.1) is 20.8 Å². The molecule has 0 aliphatic heterocycles. The minimum Gasteiger partial charge on any atom is -0.337 e. The van der Waals surface area contributed by atoms with Gasteiger partial charge in [-0.2, -0.15) is 11.8 Å². The fraction of sp³-hybridized carbons (Fsp3) is 0.562. The number of thioether (sulfide) groups is 1. The number of benzene rings is 1. The van der Waals surface area contributed by atoms with E-state index in [4.69, 9.17) is 0 Å². The van der Waals surface area contributed by atoms with E-state index in [1.165, 1.54) is 11.1 Å². The van der Waals surface area contributed by atoms with Gasteiger partial charge in [-0.05, 0) is 43.5 Å². The molecule has 2 amide bonds. The van der Waals surface area contributed by atoms with Crippen molar-refractivity contribution < 1.29 is 4.79 Å². The second-order valence-corrected chi connectivity index (χ2v) is 8.01. The topological polar surface area (TPSA) is 41.1 Å². The molecule has 0 fully saturated rings. The molecule has 0 radical (unpaired) electrons. The molecule has 20 heavy (non-hydrogen) atoms. The first-order valence-corrected chi connectivity index (χ1v) is 7.94. The Labute approximate surface area is 126 Å². The van der Waals surface area contributed by atoms with E-state index in [0.717, 1.165) is 17.0 Å². The largest absolute Gasteiger partial charge is 0.337 e. The number of urea groups is 1. The highest BCUT2D eigenvalue weighted by molar-refractivity contribution is 8.00. The van der Waals surface area contributed by atoms with E-state index in [1.54, 1.807) is 0 Å². The molecule has 0 unspecified atom stereocenters. The number of aryl methyl sites for hydroxylation is 3. The fourth-order valence-electron chi connectivity index (χ4n) is 1.78. The zero-order chi connectivity index (χ0) is 15.3. The lowest BCUT2D eigenvalue weighted by atomic mass is 10.1. The summed E-state index contributed by atoms with van der Waals surface area (Å²) >= 11 is 1.85. The van der Waals surface area contributed by atoms with Gasteiger partial charge in [0.1, 0.15) is 0 Å². The van der Waals surface area contributed by atoms with Crippen LogP contribution >= 0.6 is 11.8 Å². The van der Waals surface area contributed by atoms with Crippen molar-refractivity contribution in [3.05, 3.63) is 28.8 Å². The molecule has 0 aliphatic carbocycles. The number of carbonyl (C=O) groups is 1. The first kappa shape index (κ1) is 16.9.